The van der Waals surface area contributed by atoms with Crippen molar-refractivity contribution in [3.63, 3.8) is 0 Å². The predicted octanol–water partition coefficient (Wildman–Crippen LogP) is 2.94. The Hall–Kier alpha value is -1.47. The second-order valence-corrected chi connectivity index (χ2v) is 7.51. The van der Waals surface area contributed by atoms with Crippen LogP contribution in [0.4, 0.5) is 0 Å². The highest BCUT2D eigenvalue weighted by atomic mass is 32.1. The Morgan fingerprint density at radius 1 is 1.36 bits per heavy atom. The Labute approximate surface area is 139 Å². The number of nitrogens with one attached hydrogen (secondary N) is 2. The van der Waals surface area contributed by atoms with Crippen molar-refractivity contribution >= 4 is 28.6 Å². The summed E-state index contributed by atoms with van der Waals surface area (Å²) in [5.74, 6) is 1.30. The Bertz CT molecular complexity index is 615. The van der Waals surface area contributed by atoms with Crippen LogP contribution in [0.2, 0.25) is 0 Å². The van der Waals surface area contributed by atoms with Gasteiger partial charge in [-0.15, -0.1) is 22.7 Å². The van der Waals surface area contributed by atoms with Gasteiger partial charge in [-0.2, -0.15) is 0 Å². The lowest BCUT2D eigenvalue weighted by atomic mass is 10.2. The quantitative estimate of drug-likeness (QED) is 0.628. The molecule has 0 bridgehead atoms. The lowest BCUT2D eigenvalue weighted by Crippen LogP contribution is -2.37. The van der Waals surface area contributed by atoms with E-state index in [0.717, 1.165) is 29.6 Å². The van der Waals surface area contributed by atoms with Crippen LogP contribution in [0.5, 0.6) is 0 Å². The molecular formula is C15H23N5S2. The van der Waals surface area contributed by atoms with Gasteiger partial charge in [0.1, 0.15) is 5.01 Å². The van der Waals surface area contributed by atoms with Crippen molar-refractivity contribution in [3.05, 3.63) is 32.2 Å². The largest absolute Gasteiger partial charge is 0.356 e. The first-order chi connectivity index (χ1) is 10.6. The fourth-order valence-electron chi connectivity index (χ4n) is 1.87. The molecule has 2 N–H and O–H groups in total. The molecule has 0 atom stereocenters. The number of rotatable bonds is 6. The van der Waals surface area contributed by atoms with Gasteiger partial charge in [-0.25, -0.2) is 9.97 Å². The van der Waals surface area contributed by atoms with Crippen molar-refractivity contribution in [2.24, 2.45) is 4.99 Å². The number of guanidine groups is 1. The topological polar surface area (TPSA) is 62.2 Å². The first-order valence-corrected chi connectivity index (χ1v) is 9.08. The summed E-state index contributed by atoms with van der Waals surface area (Å²) in [6.07, 6.45) is 2.80. The minimum absolute atomic E-state index is 0.503. The van der Waals surface area contributed by atoms with E-state index in [9.17, 15) is 0 Å². The molecule has 0 aromatic carbocycles. The fraction of sp³-hybridized carbons (Fsp3) is 0.533. The number of nitrogens with zero attached hydrogens (tertiary/aromatic N) is 3. The lowest BCUT2D eigenvalue weighted by Gasteiger charge is -2.10. The van der Waals surface area contributed by atoms with Gasteiger partial charge in [0, 0.05) is 42.4 Å². The van der Waals surface area contributed by atoms with Crippen molar-refractivity contribution in [3.8, 4) is 0 Å². The van der Waals surface area contributed by atoms with E-state index in [2.05, 4.69) is 51.7 Å². The summed E-state index contributed by atoms with van der Waals surface area (Å²) in [5, 5.41) is 11.0. The summed E-state index contributed by atoms with van der Waals surface area (Å²) in [6, 6.07) is 0. The van der Waals surface area contributed by atoms with E-state index >= 15 is 0 Å². The van der Waals surface area contributed by atoms with Crippen molar-refractivity contribution < 1.29 is 0 Å². The van der Waals surface area contributed by atoms with Gasteiger partial charge in [0.15, 0.2) is 5.96 Å². The molecule has 5 nitrogen and oxygen atoms in total. The van der Waals surface area contributed by atoms with Crippen molar-refractivity contribution in [2.75, 3.05) is 13.6 Å². The van der Waals surface area contributed by atoms with Gasteiger partial charge in [0.2, 0.25) is 0 Å². The van der Waals surface area contributed by atoms with E-state index in [1.54, 1.807) is 29.7 Å². The van der Waals surface area contributed by atoms with Crippen LogP contribution in [0.25, 0.3) is 0 Å². The van der Waals surface area contributed by atoms with E-state index in [4.69, 9.17) is 0 Å². The minimum atomic E-state index is 0.503. The van der Waals surface area contributed by atoms with Gasteiger partial charge in [-0.1, -0.05) is 13.8 Å². The molecule has 2 aromatic heterocycles. The number of aryl methyl sites for hydroxylation is 1. The molecule has 0 amide bonds. The monoisotopic (exact) mass is 337 g/mol. The first kappa shape index (κ1) is 16.9. The molecule has 0 saturated carbocycles. The van der Waals surface area contributed by atoms with Crippen LogP contribution >= 0.6 is 22.7 Å². The maximum absolute atomic E-state index is 4.64. The van der Waals surface area contributed by atoms with Gasteiger partial charge in [0.05, 0.1) is 17.2 Å². The van der Waals surface area contributed by atoms with E-state index in [0.29, 0.717) is 12.5 Å². The molecule has 0 fully saturated rings. The maximum Gasteiger partial charge on any atom is 0.191 e. The summed E-state index contributed by atoms with van der Waals surface area (Å²) < 4.78 is 0. The molecule has 2 aromatic rings. The molecule has 0 aliphatic rings. The number of aliphatic imine (C=N–C) groups is 1. The zero-order valence-corrected chi connectivity index (χ0v) is 15.1. The number of aromatic nitrogens is 2. The first-order valence-electron chi connectivity index (χ1n) is 7.38. The third-order valence-electron chi connectivity index (χ3n) is 3.04. The molecule has 7 heteroatoms. The van der Waals surface area contributed by atoms with Gasteiger partial charge in [-0.3, -0.25) is 4.99 Å². The molecule has 22 heavy (non-hydrogen) atoms. The maximum atomic E-state index is 4.64. The van der Waals surface area contributed by atoms with Crippen LogP contribution in [-0.2, 0) is 13.0 Å². The van der Waals surface area contributed by atoms with Crippen molar-refractivity contribution in [1.82, 2.24) is 20.6 Å². The Morgan fingerprint density at radius 3 is 2.77 bits per heavy atom. The highest BCUT2D eigenvalue weighted by Crippen LogP contribution is 2.19. The lowest BCUT2D eigenvalue weighted by molar-refractivity contribution is 0.775. The van der Waals surface area contributed by atoms with Crippen LogP contribution in [0.1, 0.15) is 40.4 Å². The summed E-state index contributed by atoms with van der Waals surface area (Å²) >= 11 is 3.44. The molecule has 0 unspecified atom stereocenters. The molecule has 120 valence electrons. The van der Waals surface area contributed by atoms with Gasteiger partial charge >= 0.3 is 0 Å². The SMILES string of the molecule is CN=C(NCCc1csc(C(C)C)n1)NCc1ncc(C)s1. The predicted molar refractivity (Wildman–Crippen MR) is 95.0 cm³/mol. The molecular weight excluding hydrogens is 314 g/mol. The average molecular weight is 338 g/mol. The number of hydrogen-bond acceptors (Lipinski definition) is 5. The number of hydrogen-bond donors (Lipinski definition) is 2. The van der Waals surface area contributed by atoms with Gasteiger partial charge in [0.25, 0.3) is 0 Å². The third-order valence-corrected chi connectivity index (χ3v) is 5.14. The highest BCUT2D eigenvalue weighted by molar-refractivity contribution is 7.11. The smallest absolute Gasteiger partial charge is 0.191 e. The summed E-state index contributed by atoms with van der Waals surface area (Å²) in [6.45, 7) is 7.93. The summed E-state index contributed by atoms with van der Waals surface area (Å²) in [7, 11) is 1.78. The minimum Gasteiger partial charge on any atom is -0.356 e. The Kier molecular flexibility index (Phi) is 6.33. The Morgan fingerprint density at radius 2 is 2.18 bits per heavy atom. The van der Waals surface area contributed by atoms with E-state index in [1.807, 2.05) is 6.20 Å². The zero-order valence-electron chi connectivity index (χ0n) is 13.5. The van der Waals surface area contributed by atoms with E-state index < -0.39 is 0 Å². The molecule has 2 heterocycles. The van der Waals surface area contributed by atoms with Crippen molar-refractivity contribution in [2.45, 2.75) is 39.7 Å². The van der Waals surface area contributed by atoms with Crippen molar-refractivity contribution in [1.29, 1.82) is 0 Å². The standard InChI is InChI=1S/C15H23N5S2/c1-10(2)14-20-12(9-21-14)5-6-17-15(16-4)19-8-13-18-7-11(3)22-13/h7,9-10H,5-6,8H2,1-4H3,(H2,16,17,19). The fourth-order valence-corrected chi connectivity index (χ4v) is 3.47. The summed E-state index contributed by atoms with van der Waals surface area (Å²) in [4.78, 5) is 14.4. The second-order valence-electron chi connectivity index (χ2n) is 5.30. The Balaban J connectivity index is 1.74. The second kappa shape index (κ2) is 8.24. The van der Waals surface area contributed by atoms with Crippen LogP contribution < -0.4 is 10.6 Å². The van der Waals surface area contributed by atoms with Crippen LogP contribution in [0.15, 0.2) is 16.6 Å². The van der Waals surface area contributed by atoms with Gasteiger partial charge < -0.3 is 10.6 Å². The van der Waals surface area contributed by atoms with Crippen LogP contribution in [-0.4, -0.2) is 29.5 Å². The molecule has 0 saturated heterocycles. The van der Waals surface area contributed by atoms with Gasteiger partial charge in [-0.05, 0) is 6.92 Å². The summed E-state index contributed by atoms with van der Waals surface area (Å²) in [5.41, 5.74) is 1.15. The molecule has 0 spiro atoms. The zero-order chi connectivity index (χ0) is 15.9. The molecule has 0 aliphatic heterocycles. The highest BCUT2D eigenvalue weighted by Gasteiger charge is 2.06. The molecule has 0 aliphatic carbocycles. The molecule has 2 rings (SSSR count). The third kappa shape index (κ3) is 5.06. The number of thiazole rings is 2. The van der Waals surface area contributed by atoms with Crippen LogP contribution in [0, 0.1) is 6.92 Å². The molecule has 0 radical (unpaired) electrons. The normalized spacial score (nSPS) is 12.0. The average Bonchev–Trinajstić information content (AvgIpc) is 3.11. The van der Waals surface area contributed by atoms with E-state index in [1.165, 1.54) is 9.88 Å². The van der Waals surface area contributed by atoms with Crippen LogP contribution in [0.3, 0.4) is 0 Å². The van der Waals surface area contributed by atoms with E-state index in [-0.39, 0.29) is 0 Å².